The second-order valence-corrected chi connectivity index (χ2v) is 5.04. The molecule has 0 aliphatic heterocycles. The minimum absolute atomic E-state index is 0.0779. The van der Waals surface area contributed by atoms with Crippen LogP contribution in [0.1, 0.15) is 50.8 Å². The summed E-state index contributed by atoms with van der Waals surface area (Å²) in [5.74, 6) is 0.0779. The van der Waals surface area contributed by atoms with Crippen LogP contribution in [0.25, 0.3) is 0 Å². The zero-order valence-corrected chi connectivity index (χ0v) is 12.5. The Kier molecular flexibility index (Phi) is 6.57. The Balaban J connectivity index is 2.44. The fourth-order valence-corrected chi connectivity index (χ4v) is 2.20. The molecule has 0 aromatic heterocycles. The van der Waals surface area contributed by atoms with Crippen LogP contribution in [0, 0.1) is 6.92 Å². The van der Waals surface area contributed by atoms with Crippen LogP contribution in [0.15, 0.2) is 24.3 Å². The maximum Gasteiger partial charge on any atom is 0.234 e. The molecule has 0 bridgehead atoms. The van der Waals surface area contributed by atoms with E-state index in [4.69, 9.17) is 0 Å². The van der Waals surface area contributed by atoms with Gasteiger partial charge in [-0.1, -0.05) is 38.1 Å². The van der Waals surface area contributed by atoms with E-state index in [1.807, 2.05) is 12.1 Å². The van der Waals surface area contributed by atoms with Crippen molar-refractivity contribution in [2.45, 2.75) is 52.6 Å². The Labute approximate surface area is 116 Å². The van der Waals surface area contributed by atoms with Gasteiger partial charge in [-0.05, 0) is 37.8 Å². The van der Waals surface area contributed by atoms with Crippen LogP contribution in [-0.4, -0.2) is 18.5 Å². The normalized spacial score (nSPS) is 12.5. The predicted octanol–water partition coefficient (Wildman–Crippen LogP) is 2.95. The molecular formula is C16H26N2O. The van der Waals surface area contributed by atoms with Gasteiger partial charge in [-0.15, -0.1) is 0 Å². The van der Waals surface area contributed by atoms with Crippen molar-refractivity contribution in [2.24, 2.45) is 0 Å². The fraction of sp³-hybridized carbons (Fsp3) is 0.562. The average molecular weight is 262 g/mol. The molecule has 1 rings (SSSR count). The van der Waals surface area contributed by atoms with Crippen molar-refractivity contribution in [3.63, 3.8) is 0 Å². The summed E-state index contributed by atoms with van der Waals surface area (Å²) in [7, 11) is 0. The van der Waals surface area contributed by atoms with Crippen molar-refractivity contribution >= 4 is 5.91 Å². The Morgan fingerprint density at radius 3 is 2.42 bits per heavy atom. The van der Waals surface area contributed by atoms with E-state index in [1.165, 1.54) is 11.1 Å². The van der Waals surface area contributed by atoms with Crippen molar-refractivity contribution in [2.75, 3.05) is 6.54 Å². The molecule has 0 fully saturated rings. The molecule has 1 aromatic rings. The number of aryl methyl sites for hydroxylation is 1. The van der Waals surface area contributed by atoms with Gasteiger partial charge in [0.2, 0.25) is 5.91 Å². The first-order valence-corrected chi connectivity index (χ1v) is 7.16. The summed E-state index contributed by atoms with van der Waals surface area (Å²) < 4.78 is 0. The van der Waals surface area contributed by atoms with Gasteiger partial charge in [0.15, 0.2) is 0 Å². The van der Waals surface area contributed by atoms with Crippen molar-refractivity contribution in [1.29, 1.82) is 0 Å². The molecule has 1 aromatic carbocycles. The fourth-order valence-electron chi connectivity index (χ4n) is 2.20. The van der Waals surface area contributed by atoms with Gasteiger partial charge in [0.25, 0.3) is 0 Å². The third-order valence-corrected chi connectivity index (χ3v) is 3.57. The van der Waals surface area contributed by atoms with Crippen LogP contribution in [0.5, 0.6) is 0 Å². The molecule has 2 N–H and O–H groups in total. The second-order valence-electron chi connectivity index (χ2n) is 5.04. The molecule has 1 atom stereocenters. The lowest BCUT2D eigenvalue weighted by Gasteiger charge is -2.18. The number of carbonyl (C=O) groups is 1. The molecule has 3 heteroatoms. The van der Waals surface area contributed by atoms with Crippen LogP contribution < -0.4 is 10.6 Å². The first kappa shape index (κ1) is 15.7. The van der Waals surface area contributed by atoms with Crippen LogP contribution in [0.2, 0.25) is 0 Å². The number of amides is 1. The molecule has 0 saturated carbocycles. The summed E-state index contributed by atoms with van der Waals surface area (Å²) in [6.07, 6.45) is 1.96. The van der Waals surface area contributed by atoms with Gasteiger partial charge in [0.05, 0.1) is 6.54 Å². The molecule has 0 spiro atoms. The minimum atomic E-state index is 0.0779. The van der Waals surface area contributed by atoms with Gasteiger partial charge in [0, 0.05) is 12.1 Å². The number of carbonyl (C=O) groups excluding carboxylic acids is 1. The smallest absolute Gasteiger partial charge is 0.234 e. The van der Waals surface area contributed by atoms with E-state index in [-0.39, 0.29) is 11.9 Å². The first-order valence-electron chi connectivity index (χ1n) is 7.16. The zero-order valence-electron chi connectivity index (χ0n) is 12.5. The molecular weight excluding hydrogens is 236 g/mol. The predicted molar refractivity (Wildman–Crippen MR) is 80.1 cm³/mol. The summed E-state index contributed by atoms with van der Waals surface area (Å²) in [4.78, 5) is 11.8. The summed E-state index contributed by atoms with van der Waals surface area (Å²) >= 11 is 0. The van der Waals surface area contributed by atoms with Gasteiger partial charge in [0.1, 0.15) is 0 Å². The SMILES string of the molecule is CCC(CC)NC(=O)CNC(C)c1ccccc1C. The number of nitrogens with one attached hydrogen (secondary N) is 2. The Hall–Kier alpha value is -1.35. The molecule has 3 nitrogen and oxygen atoms in total. The van der Waals surface area contributed by atoms with Crippen LogP contribution in [-0.2, 0) is 4.79 Å². The first-order chi connectivity index (χ1) is 9.08. The van der Waals surface area contributed by atoms with Gasteiger partial charge in [-0.25, -0.2) is 0 Å². The molecule has 0 aliphatic carbocycles. The van der Waals surface area contributed by atoms with E-state index < -0.39 is 0 Å². The van der Waals surface area contributed by atoms with Crippen LogP contribution >= 0.6 is 0 Å². The van der Waals surface area contributed by atoms with Gasteiger partial charge in [-0.3, -0.25) is 4.79 Å². The summed E-state index contributed by atoms with van der Waals surface area (Å²) in [5.41, 5.74) is 2.50. The minimum Gasteiger partial charge on any atom is -0.352 e. The lowest BCUT2D eigenvalue weighted by molar-refractivity contribution is -0.121. The third kappa shape index (κ3) is 5.03. The summed E-state index contributed by atoms with van der Waals surface area (Å²) in [6.45, 7) is 8.74. The highest BCUT2D eigenvalue weighted by atomic mass is 16.1. The van der Waals surface area contributed by atoms with Crippen LogP contribution in [0.3, 0.4) is 0 Å². The van der Waals surface area contributed by atoms with E-state index in [2.05, 4.69) is 50.5 Å². The highest BCUT2D eigenvalue weighted by Crippen LogP contribution is 2.16. The van der Waals surface area contributed by atoms with E-state index in [9.17, 15) is 4.79 Å². The van der Waals surface area contributed by atoms with Crippen molar-refractivity contribution < 1.29 is 4.79 Å². The number of rotatable bonds is 7. The van der Waals surface area contributed by atoms with E-state index in [1.54, 1.807) is 0 Å². The van der Waals surface area contributed by atoms with E-state index in [0.717, 1.165) is 12.8 Å². The molecule has 0 heterocycles. The molecule has 1 amide bonds. The monoisotopic (exact) mass is 262 g/mol. The Morgan fingerprint density at radius 2 is 1.84 bits per heavy atom. The molecule has 0 aliphatic rings. The molecule has 19 heavy (non-hydrogen) atoms. The summed E-state index contributed by atoms with van der Waals surface area (Å²) in [6, 6.07) is 8.75. The Bertz CT molecular complexity index is 399. The number of hydrogen-bond acceptors (Lipinski definition) is 2. The number of benzene rings is 1. The van der Waals surface area contributed by atoms with E-state index >= 15 is 0 Å². The van der Waals surface area contributed by atoms with Gasteiger partial charge >= 0.3 is 0 Å². The van der Waals surface area contributed by atoms with Crippen molar-refractivity contribution in [1.82, 2.24) is 10.6 Å². The standard InChI is InChI=1S/C16H26N2O/c1-5-14(6-2)18-16(19)11-17-13(4)15-10-8-7-9-12(15)3/h7-10,13-14,17H,5-6,11H2,1-4H3,(H,18,19). The Morgan fingerprint density at radius 1 is 1.21 bits per heavy atom. The molecule has 1 unspecified atom stereocenters. The maximum atomic E-state index is 11.8. The average Bonchev–Trinajstić information content (AvgIpc) is 2.42. The summed E-state index contributed by atoms with van der Waals surface area (Å²) in [5, 5.41) is 6.32. The number of hydrogen-bond donors (Lipinski definition) is 2. The van der Waals surface area contributed by atoms with E-state index in [0.29, 0.717) is 12.6 Å². The van der Waals surface area contributed by atoms with Gasteiger partial charge in [-0.2, -0.15) is 0 Å². The quantitative estimate of drug-likeness (QED) is 0.793. The third-order valence-electron chi connectivity index (χ3n) is 3.57. The largest absolute Gasteiger partial charge is 0.352 e. The van der Waals surface area contributed by atoms with Crippen molar-refractivity contribution in [3.05, 3.63) is 35.4 Å². The zero-order chi connectivity index (χ0) is 14.3. The highest BCUT2D eigenvalue weighted by Gasteiger charge is 2.11. The maximum absolute atomic E-state index is 11.8. The lowest BCUT2D eigenvalue weighted by Crippen LogP contribution is -2.40. The highest BCUT2D eigenvalue weighted by molar-refractivity contribution is 5.78. The van der Waals surface area contributed by atoms with Crippen molar-refractivity contribution in [3.8, 4) is 0 Å². The van der Waals surface area contributed by atoms with Crippen LogP contribution in [0.4, 0.5) is 0 Å². The van der Waals surface area contributed by atoms with Gasteiger partial charge < -0.3 is 10.6 Å². The molecule has 106 valence electrons. The molecule has 0 radical (unpaired) electrons. The topological polar surface area (TPSA) is 41.1 Å². The molecule has 0 saturated heterocycles. The second kappa shape index (κ2) is 7.95. The lowest BCUT2D eigenvalue weighted by atomic mass is 10.0.